The maximum absolute atomic E-state index is 12.3. The van der Waals surface area contributed by atoms with E-state index in [0.717, 1.165) is 0 Å². The third-order valence-corrected chi connectivity index (χ3v) is 3.60. The summed E-state index contributed by atoms with van der Waals surface area (Å²) in [5.74, 6) is -1.29. The van der Waals surface area contributed by atoms with Crippen molar-refractivity contribution in [3.63, 3.8) is 0 Å². The molecule has 1 heterocycles. The predicted octanol–water partition coefficient (Wildman–Crippen LogP) is 0.981. The van der Waals surface area contributed by atoms with Crippen LogP contribution in [0.25, 0.3) is 0 Å². The zero-order valence-corrected chi connectivity index (χ0v) is 12.1. The van der Waals surface area contributed by atoms with Gasteiger partial charge in [0.25, 0.3) is 5.91 Å². The molecule has 1 aliphatic rings. The number of primary amides is 1. The number of hydrogen-bond acceptors (Lipinski definition) is 3. The molecule has 1 atom stereocenters. The highest BCUT2D eigenvalue weighted by Gasteiger charge is 2.35. The van der Waals surface area contributed by atoms with Crippen molar-refractivity contribution < 1.29 is 14.4 Å². The van der Waals surface area contributed by atoms with E-state index in [0.29, 0.717) is 12.2 Å². The lowest BCUT2D eigenvalue weighted by molar-refractivity contribution is -0.129. The van der Waals surface area contributed by atoms with Crippen molar-refractivity contribution in [2.45, 2.75) is 26.3 Å². The van der Waals surface area contributed by atoms with Crippen LogP contribution in [0.3, 0.4) is 0 Å². The van der Waals surface area contributed by atoms with Crippen LogP contribution in [0.4, 0.5) is 5.69 Å². The first-order chi connectivity index (χ1) is 9.90. The summed E-state index contributed by atoms with van der Waals surface area (Å²) in [6, 6.07) is 6.64. The number of benzene rings is 1. The SMILES string of the molecule is CC(C)N1C[C@H](C(=O)Nc2ccccc2C(N)=O)CC1=O. The fraction of sp³-hybridized carbons (Fsp3) is 0.400. The van der Waals surface area contributed by atoms with Crippen LogP contribution in [-0.2, 0) is 9.59 Å². The van der Waals surface area contributed by atoms with E-state index < -0.39 is 11.8 Å². The largest absolute Gasteiger partial charge is 0.366 e. The number of rotatable bonds is 4. The fourth-order valence-electron chi connectivity index (χ4n) is 2.45. The van der Waals surface area contributed by atoms with E-state index in [1.165, 1.54) is 0 Å². The van der Waals surface area contributed by atoms with Crippen molar-refractivity contribution in [3.8, 4) is 0 Å². The molecule has 1 fully saturated rings. The topological polar surface area (TPSA) is 92.5 Å². The predicted molar refractivity (Wildman–Crippen MR) is 78.5 cm³/mol. The Hall–Kier alpha value is -2.37. The minimum atomic E-state index is -0.600. The number of amides is 3. The number of anilines is 1. The fourth-order valence-corrected chi connectivity index (χ4v) is 2.45. The van der Waals surface area contributed by atoms with Gasteiger partial charge in [-0.3, -0.25) is 14.4 Å². The van der Waals surface area contributed by atoms with E-state index in [4.69, 9.17) is 5.73 Å². The molecule has 6 heteroatoms. The molecule has 0 spiro atoms. The number of nitrogens with zero attached hydrogens (tertiary/aromatic N) is 1. The van der Waals surface area contributed by atoms with E-state index in [9.17, 15) is 14.4 Å². The Balaban J connectivity index is 2.10. The van der Waals surface area contributed by atoms with Crippen molar-refractivity contribution in [1.82, 2.24) is 4.90 Å². The van der Waals surface area contributed by atoms with Gasteiger partial charge in [0, 0.05) is 19.0 Å². The molecular weight excluding hydrogens is 270 g/mol. The molecule has 1 saturated heterocycles. The lowest BCUT2D eigenvalue weighted by Crippen LogP contribution is -2.33. The number of nitrogens with two attached hydrogens (primary N) is 1. The summed E-state index contributed by atoms with van der Waals surface area (Å²) < 4.78 is 0. The van der Waals surface area contributed by atoms with Crippen LogP contribution < -0.4 is 11.1 Å². The standard InChI is InChI=1S/C15H19N3O3/c1-9(2)18-8-10(7-13(18)19)15(21)17-12-6-4-3-5-11(12)14(16)20/h3-6,9-10H,7-8H2,1-2H3,(H2,16,20)(H,17,21)/t10-/m1/s1. The third-order valence-electron chi connectivity index (χ3n) is 3.60. The molecular formula is C15H19N3O3. The number of carbonyl (C=O) groups is 3. The number of carbonyl (C=O) groups excluding carboxylic acids is 3. The molecule has 6 nitrogen and oxygen atoms in total. The highest BCUT2D eigenvalue weighted by atomic mass is 16.2. The van der Waals surface area contributed by atoms with Gasteiger partial charge in [-0.15, -0.1) is 0 Å². The van der Waals surface area contributed by atoms with Crippen LogP contribution in [0.2, 0.25) is 0 Å². The molecule has 21 heavy (non-hydrogen) atoms. The molecule has 0 aromatic heterocycles. The molecule has 3 amide bonds. The van der Waals surface area contributed by atoms with E-state index >= 15 is 0 Å². The average molecular weight is 289 g/mol. The van der Waals surface area contributed by atoms with Crippen molar-refractivity contribution in [2.24, 2.45) is 11.7 Å². The van der Waals surface area contributed by atoms with Gasteiger partial charge in [-0.25, -0.2) is 0 Å². The Bertz CT molecular complexity index is 583. The van der Waals surface area contributed by atoms with Gasteiger partial charge in [0.2, 0.25) is 11.8 Å². The molecule has 2 rings (SSSR count). The molecule has 0 saturated carbocycles. The summed E-state index contributed by atoms with van der Waals surface area (Å²) in [6.07, 6.45) is 0.197. The Labute approximate surface area is 123 Å². The Kier molecular flexibility index (Phi) is 4.26. The normalized spacial score (nSPS) is 18.1. The van der Waals surface area contributed by atoms with Gasteiger partial charge in [-0.2, -0.15) is 0 Å². The number of para-hydroxylation sites is 1. The van der Waals surface area contributed by atoms with Crippen LogP contribution in [0.5, 0.6) is 0 Å². The second-order valence-electron chi connectivity index (χ2n) is 5.44. The summed E-state index contributed by atoms with van der Waals surface area (Å²) in [5.41, 5.74) is 5.92. The van der Waals surface area contributed by atoms with Crippen molar-refractivity contribution in [3.05, 3.63) is 29.8 Å². The quantitative estimate of drug-likeness (QED) is 0.865. The van der Waals surface area contributed by atoms with E-state index in [-0.39, 0.29) is 29.8 Å². The molecule has 0 unspecified atom stereocenters. The maximum atomic E-state index is 12.3. The van der Waals surface area contributed by atoms with Crippen molar-refractivity contribution in [2.75, 3.05) is 11.9 Å². The molecule has 1 aromatic rings. The highest BCUT2D eigenvalue weighted by Crippen LogP contribution is 2.23. The van der Waals surface area contributed by atoms with Crippen LogP contribution >= 0.6 is 0 Å². The summed E-state index contributed by atoms with van der Waals surface area (Å²) in [4.78, 5) is 37.1. The highest BCUT2D eigenvalue weighted by molar-refractivity contribution is 6.04. The second kappa shape index (κ2) is 5.95. The monoisotopic (exact) mass is 289 g/mol. The van der Waals surface area contributed by atoms with Gasteiger partial charge in [0.15, 0.2) is 0 Å². The van der Waals surface area contributed by atoms with Crippen LogP contribution in [-0.4, -0.2) is 35.2 Å². The average Bonchev–Trinajstić information content (AvgIpc) is 2.81. The molecule has 1 aliphatic heterocycles. The summed E-state index contributed by atoms with van der Waals surface area (Å²) in [7, 11) is 0. The molecule has 112 valence electrons. The van der Waals surface area contributed by atoms with Gasteiger partial charge in [0.1, 0.15) is 0 Å². The van der Waals surface area contributed by atoms with Gasteiger partial charge < -0.3 is 16.0 Å². The van der Waals surface area contributed by atoms with Gasteiger partial charge in [-0.05, 0) is 26.0 Å². The van der Waals surface area contributed by atoms with Gasteiger partial charge >= 0.3 is 0 Å². The van der Waals surface area contributed by atoms with Crippen LogP contribution in [0, 0.1) is 5.92 Å². The van der Waals surface area contributed by atoms with Crippen molar-refractivity contribution >= 4 is 23.4 Å². The Morgan fingerprint density at radius 2 is 2.00 bits per heavy atom. The minimum absolute atomic E-state index is 0.0201. The lowest BCUT2D eigenvalue weighted by Gasteiger charge is -2.20. The Morgan fingerprint density at radius 3 is 2.57 bits per heavy atom. The van der Waals surface area contributed by atoms with Crippen molar-refractivity contribution in [1.29, 1.82) is 0 Å². The molecule has 0 aliphatic carbocycles. The van der Waals surface area contributed by atoms with Crippen LogP contribution in [0.15, 0.2) is 24.3 Å². The number of hydrogen-bond donors (Lipinski definition) is 2. The zero-order chi connectivity index (χ0) is 15.6. The first-order valence-corrected chi connectivity index (χ1v) is 6.89. The third kappa shape index (κ3) is 3.21. The molecule has 3 N–H and O–H groups in total. The van der Waals surface area contributed by atoms with Gasteiger partial charge in [-0.1, -0.05) is 12.1 Å². The van der Waals surface area contributed by atoms with Crippen LogP contribution in [0.1, 0.15) is 30.6 Å². The minimum Gasteiger partial charge on any atom is -0.366 e. The van der Waals surface area contributed by atoms with Gasteiger partial charge in [0.05, 0.1) is 17.2 Å². The molecule has 0 bridgehead atoms. The first-order valence-electron chi connectivity index (χ1n) is 6.89. The lowest BCUT2D eigenvalue weighted by atomic mass is 10.1. The van der Waals surface area contributed by atoms with E-state index in [1.54, 1.807) is 29.2 Å². The maximum Gasteiger partial charge on any atom is 0.250 e. The molecule has 0 radical (unpaired) electrons. The zero-order valence-electron chi connectivity index (χ0n) is 12.1. The Morgan fingerprint density at radius 1 is 1.33 bits per heavy atom. The summed E-state index contributed by atoms with van der Waals surface area (Å²) in [5, 5.41) is 2.70. The number of likely N-dealkylation sites (tertiary alicyclic amines) is 1. The second-order valence-corrected chi connectivity index (χ2v) is 5.44. The number of nitrogens with one attached hydrogen (secondary N) is 1. The molecule has 1 aromatic carbocycles. The summed E-state index contributed by atoms with van der Waals surface area (Å²) in [6.45, 7) is 4.24. The summed E-state index contributed by atoms with van der Waals surface area (Å²) >= 11 is 0. The van der Waals surface area contributed by atoms with E-state index in [1.807, 2.05) is 13.8 Å². The first kappa shape index (κ1) is 15.0. The smallest absolute Gasteiger partial charge is 0.250 e. The van der Waals surface area contributed by atoms with E-state index in [2.05, 4.69) is 5.32 Å².